The average Bonchev–Trinajstić information content (AvgIpc) is 2.66. The molecule has 140 valence electrons. The molecular weight excluding hydrogens is 367 g/mol. The van der Waals surface area contributed by atoms with E-state index >= 15 is 0 Å². The van der Waals surface area contributed by atoms with Gasteiger partial charge in [0, 0.05) is 12.2 Å². The van der Waals surface area contributed by atoms with Gasteiger partial charge in [-0.2, -0.15) is 0 Å². The molecule has 3 aromatic carbocycles. The van der Waals surface area contributed by atoms with E-state index in [1.54, 1.807) is 36.4 Å². The number of anilines is 1. The highest BCUT2D eigenvalue weighted by Gasteiger charge is 2.03. The SMILES string of the molecule is Cl.O=C(CNCc1ccc(F)cc1)Nc1ccc(Oc2ccccc2)cc1. The van der Waals surface area contributed by atoms with Crippen LogP contribution in [0.2, 0.25) is 0 Å². The van der Waals surface area contributed by atoms with E-state index in [-0.39, 0.29) is 30.7 Å². The van der Waals surface area contributed by atoms with Crippen molar-refractivity contribution in [1.82, 2.24) is 5.32 Å². The molecule has 0 aliphatic rings. The van der Waals surface area contributed by atoms with Crippen LogP contribution in [-0.4, -0.2) is 12.5 Å². The smallest absolute Gasteiger partial charge is 0.238 e. The Balaban J connectivity index is 0.00000261. The van der Waals surface area contributed by atoms with E-state index in [1.165, 1.54) is 12.1 Å². The van der Waals surface area contributed by atoms with Gasteiger partial charge in [-0.05, 0) is 54.1 Å². The minimum Gasteiger partial charge on any atom is -0.457 e. The fraction of sp³-hybridized carbons (Fsp3) is 0.0952. The summed E-state index contributed by atoms with van der Waals surface area (Å²) in [6.45, 7) is 0.664. The molecule has 0 radical (unpaired) electrons. The largest absolute Gasteiger partial charge is 0.457 e. The van der Waals surface area contributed by atoms with Crippen molar-refractivity contribution in [1.29, 1.82) is 0 Å². The molecule has 0 unspecified atom stereocenters. The highest BCUT2D eigenvalue weighted by Crippen LogP contribution is 2.22. The molecule has 3 rings (SSSR count). The summed E-state index contributed by atoms with van der Waals surface area (Å²) in [7, 11) is 0. The van der Waals surface area contributed by atoms with E-state index < -0.39 is 0 Å². The first-order chi connectivity index (χ1) is 12.7. The number of para-hydroxylation sites is 1. The fourth-order valence-corrected chi connectivity index (χ4v) is 2.36. The van der Waals surface area contributed by atoms with Gasteiger partial charge < -0.3 is 15.4 Å². The molecule has 0 aromatic heterocycles. The van der Waals surface area contributed by atoms with Gasteiger partial charge in [0.15, 0.2) is 0 Å². The molecule has 0 heterocycles. The summed E-state index contributed by atoms with van der Waals surface area (Å²) in [5.74, 6) is 1.04. The van der Waals surface area contributed by atoms with Crippen molar-refractivity contribution in [3.05, 3.63) is 90.2 Å². The molecule has 2 N–H and O–H groups in total. The lowest BCUT2D eigenvalue weighted by molar-refractivity contribution is -0.115. The maximum atomic E-state index is 12.8. The summed E-state index contributed by atoms with van der Waals surface area (Å²) in [4.78, 5) is 12.0. The number of ether oxygens (including phenoxy) is 1. The van der Waals surface area contributed by atoms with E-state index in [0.717, 1.165) is 11.3 Å². The van der Waals surface area contributed by atoms with Crippen molar-refractivity contribution >= 4 is 24.0 Å². The number of hydrogen-bond donors (Lipinski definition) is 2. The number of benzene rings is 3. The number of nitrogens with one attached hydrogen (secondary N) is 2. The monoisotopic (exact) mass is 386 g/mol. The van der Waals surface area contributed by atoms with Crippen LogP contribution in [0, 0.1) is 5.82 Å². The van der Waals surface area contributed by atoms with E-state index in [4.69, 9.17) is 4.74 Å². The molecule has 1 amide bonds. The number of halogens is 2. The third-order valence-corrected chi connectivity index (χ3v) is 3.64. The predicted octanol–water partition coefficient (Wildman–Crippen LogP) is 4.77. The number of amides is 1. The Labute approximate surface area is 163 Å². The molecule has 6 heteroatoms. The average molecular weight is 387 g/mol. The van der Waals surface area contributed by atoms with Gasteiger partial charge >= 0.3 is 0 Å². The van der Waals surface area contributed by atoms with Crippen LogP contribution in [0.4, 0.5) is 10.1 Å². The zero-order chi connectivity index (χ0) is 18.2. The Hall–Kier alpha value is -2.89. The minimum atomic E-state index is -0.272. The number of carbonyl (C=O) groups is 1. The Morgan fingerprint density at radius 3 is 2.15 bits per heavy atom. The van der Waals surface area contributed by atoms with Crippen molar-refractivity contribution in [2.75, 3.05) is 11.9 Å². The van der Waals surface area contributed by atoms with E-state index in [2.05, 4.69) is 10.6 Å². The Kier molecular flexibility index (Phi) is 7.79. The van der Waals surface area contributed by atoms with Crippen molar-refractivity contribution < 1.29 is 13.9 Å². The predicted molar refractivity (Wildman–Crippen MR) is 107 cm³/mol. The molecule has 0 spiro atoms. The van der Waals surface area contributed by atoms with Crippen LogP contribution < -0.4 is 15.4 Å². The molecule has 4 nitrogen and oxygen atoms in total. The summed E-state index contributed by atoms with van der Waals surface area (Å²) in [5, 5.41) is 5.84. The van der Waals surface area contributed by atoms with Crippen LogP contribution in [0.5, 0.6) is 11.5 Å². The molecule has 0 saturated carbocycles. The highest BCUT2D eigenvalue weighted by atomic mass is 35.5. The Morgan fingerprint density at radius 1 is 0.852 bits per heavy atom. The first kappa shape index (κ1) is 20.4. The van der Waals surface area contributed by atoms with Gasteiger partial charge in [0.05, 0.1) is 6.54 Å². The molecule has 0 bridgehead atoms. The van der Waals surface area contributed by atoms with Crippen LogP contribution >= 0.6 is 12.4 Å². The summed E-state index contributed by atoms with van der Waals surface area (Å²) in [6, 6.07) is 22.8. The molecule has 3 aromatic rings. The first-order valence-corrected chi connectivity index (χ1v) is 8.27. The maximum absolute atomic E-state index is 12.8. The molecule has 0 fully saturated rings. The first-order valence-electron chi connectivity index (χ1n) is 8.27. The molecule has 27 heavy (non-hydrogen) atoms. The third-order valence-electron chi connectivity index (χ3n) is 3.64. The highest BCUT2D eigenvalue weighted by molar-refractivity contribution is 5.92. The lowest BCUT2D eigenvalue weighted by Gasteiger charge is -2.09. The minimum absolute atomic E-state index is 0. The van der Waals surface area contributed by atoms with Crippen LogP contribution in [0.3, 0.4) is 0 Å². The second kappa shape index (κ2) is 10.3. The van der Waals surface area contributed by atoms with Gasteiger partial charge in [0.1, 0.15) is 17.3 Å². The summed E-state index contributed by atoms with van der Waals surface area (Å²) < 4.78 is 18.5. The number of rotatable bonds is 7. The zero-order valence-corrected chi connectivity index (χ0v) is 15.3. The molecular formula is C21H20ClFN2O2. The second-order valence-corrected chi connectivity index (χ2v) is 5.72. The quantitative estimate of drug-likeness (QED) is 0.615. The standard InChI is InChI=1S/C21H19FN2O2.ClH/c22-17-8-6-16(7-9-17)14-23-15-21(25)24-18-10-12-20(13-11-18)26-19-4-2-1-3-5-19;/h1-13,23H,14-15H2,(H,24,25);1H. The molecule has 0 saturated heterocycles. The van der Waals surface area contributed by atoms with E-state index in [9.17, 15) is 9.18 Å². The fourth-order valence-electron chi connectivity index (χ4n) is 2.36. The Bertz CT molecular complexity index is 840. The summed E-state index contributed by atoms with van der Waals surface area (Å²) in [5.41, 5.74) is 1.61. The topological polar surface area (TPSA) is 50.4 Å². The van der Waals surface area contributed by atoms with Crippen molar-refractivity contribution in [2.24, 2.45) is 0 Å². The summed E-state index contributed by atoms with van der Waals surface area (Å²) >= 11 is 0. The van der Waals surface area contributed by atoms with Gasteiger partial charge in [-0.3, -0.25) is 4.79 Å². The molecule has 0 aliphatic carbocycles. The van der Waals surface area contributed by atoms with Gasteiger partial charge in [-0.25, -0.2) is 4.39 Å². The van der Waals surface area contributed by atoms with E-state index in [0.29, 0.717) is 18.0 Å². The van der Waals surface area contributed by atoms with Crippen molar-refractivity contribution in [3.63, 3.8) is 0 Å². The van der Waals surface area contributed by atoms with Gasteiger partial charge in [0.25, 0.3) is 0 Å². The van der Waals surface area contributed by atoms with Crippen LogP contribution in [0.1, 0.15) is 5.56 Å². The van der Waals surface area contributed by atoms with Crippen LogP contribution in [0.15, 0.2) is 78.9 Å². The number of hydrogen-bond acceptors (Lipinski definition) is 3. The Morgan fingerprint density at radius 2 is 1.48 bits per heavy atom. The summed E-state index contributed by atoms with van der Waals surface area (Å²) in [6.07, 6.45) is 0. The lowest BCUT2D eigenvalue weighted by atomic mass is 10.2. The molecule has 0 atom stereocenters. The van der Waals surface area contributed by atoms with Gasteiger partial charge in [-0.15, -0.1) is 12.4 Å². The zero-order valence-electron chi connectivity index (χ0n) is 14.5. The van der Waals surface area contributed by atoms with Gasteiger partial charge in [0.2, 0.25) is 5.91 Å². The second-order valence-electron chi connectivity index (χ2n) is 5.72. The van der Waals surface area contributed by atoms with Gasteiger partial charge in [-0.1, -0.05) is 30.3 Å². The van der Waals surface area contributed by atoms with Crippen molar-refractivity contribution in [2.45, 2.75) is 6.54 Å². The van der Waals surface area contributed by atoms with E-state index in [1.807, 2.05) is 30.3 Å². The lowest BCUT2D eigenvalue weighted by Crippen LogP contribution is -2.27. The molecule has 0 aliphatic heterocycles. The maximum Gasteiger partial charge on any atom is 0.238 e. The van der Waals surface area contributed by atoms with Crippen LogP contribution in [0.25, 0.3) is 0 Å². The van der Waals surface area contributed by atoms with Crippen molar-refractivity contribution in [3.8, 4) is 11.5 Å². The number of carbonyl (C=O) groups excluding carboxylic acids is 1. The van der Waals surface area contributed by atoms with Crippen LogP contribution in [-0.2, 0) is 11.3 Å². The third kappa shape index (κ3) is 6.73. The normalized spacial score (nSPS) is 9.96.